The van der Waals surface area contributed by atoms with Crippen LogP contribution in [0.5, 0.6) is 0 Å². The number of ether oxygens (including phenoxy) is 1. The van der Waals surface area contributed by atoms with Crippen LogP contribution in [-0.4, -0.2) is 24.2 Å². The van der Waals surface area contributed by atoms with Crippen LogP contribution in [0.3, 0.4) is 0 Å². The van der Waals surface area contributed by atoms with Gasteiger partial charge in [0, 0.05) is 25.0 Å². The molecule has 4 nitrogen and oxygen atoms in total. The zero-order chi connectivity index (χ0) is 12.9. The lowest BCUT2D eigenvalue weighted by molar-refractivity contribution is -0.151. The SMILES string of the molecule is CCNCc1cccn1CC(C)(C)C(=O)OC. The number of methoxy groups -OCH3 is 1. The van der Waals surface area contributed by atoms with Gasteiger partial charge in [0.1, 0.15) is 0 Å². The summed E-state index contributed by atoms with van der Waals surface area (Å²) in [6.45, 7) is 8.26. The van der Waals surface area contributed by atoms with Gasteiger partial charge in [-0.15, -0.1) is 0 Å². The predicted molar refractivity (Wildman–Crippen MR) is 67.6 cm³/mol. The first kappa shape index (κ1) is 13.8. The van der Waals surface area contributed by atoms with Gasteiger partial charge < -0.3 is 14.6 Å². The van der Waals surface area contributed by atoms with Crippen LogP contribution < -0.4 is 5.32 Å². The second kappa shape index (κ2) is 5.87. The van der Waals surface area contributed by atoms with Gasteiger partial charge in [0.15, 0.2) is 0 Å². The Morgan fingerprint density at radius 2 is 2.24 bits per heavy atom. The van der Waals surface area contributed by atoms with E-state index < -0.39 is 5.41 Å². The normalized spacial score (nSPS) is 11.5. The molecule has 0 unspecified atom stereocenters. The molecule has 1 aromatic rings. The Labute approximate surface area is 103 Å². The number of nitrogens with zero attached hydrogens (tertiary/aromatic N) is 1. The third-order valence-corrected chi connectivity index (χ3v) is 2.78. The molecule has 0 amide bonds. The van der Waals surface area contributed by atoms with E-state index in [1.165, 1.54) is 12.8 Å². The van der Waals surface area contributed by atoms with Crippen LogP contribution in [0.2, 0.25) is 0 Å². The molecule has 4 heteroatoms. The summed E-state index contributed by atoms with van der Waals surface area (Å²) in [7, 11) is 1.43. The van der Waals surface area contributed by atoms with E-state index in [1.54, 1.807) is 0 Å². The molecule has 0 aromatic carbocycles. The number of esters is 1. The second-order valence-electron chi connectivity index (χ2n) is 4.78. The van der Waals surface area contributed by atoms with Gasteiger partial charge in [0.2, 0.25) is 0 Å². The third-order valence-electron chi connectivity index (χ3n) is 2.78. The van der Waals surface area contributed by atoms with Crippen LogP contribution in [0.25, 0.3) is 0 Å². The molecule has 96 valence electrons. The minimum absolute atomic E-state index is 0.180. The molecule has 0 spiro atoms. The number of rotatable bonds is 6. The molecule has 0 atom stereocenters. The molecule has 1 aromatic heterocycles. The highest BCUT2D eigenvalue weighted by atomic mass is 16.5. The zero-order valence-electron chi connectivity index (χ0n) is 11.1. The van der Waals surface area contributed by atoms with Gasteiger partial charge in [-0.2, -0.15) is 0 Å². The van der Waals surface area contributed by atoms with Gasteiger partial charge in [-0.3, -0.25) is 4.79 Å². The minimum Gasteiger partial charge on any atom is -0.469 e. The van der Waals surface area contributed by atoms with Crippen LogP contribution in [0.4, 0.5) is 0 Å². The van der Waals surface area contributed by atoms with Crippen molar-refractivity contribution in [1.29, 1.82) is 0 Å². The van der Waals surface area contributed by atoms with Crippen molar-refractivity contribution in [3.05, 3.63) is 24.0 Å². The average molecular weight is 238 g/mol. The van der Waals surface area contributed by atoms with E-state index in [0.717, 1.165) is 13.1 Å². The summed E-state index contributed by atoms with van der Waals surface area (Å²) < 4.78 is 6.91. The number of hydrogen-bond acceptors (Lipinski definition) is 3. The second-order valence-corrected chi connectivity index (χ2v) is 4.78. The van der Waals surface area contributed by atoms with E-state index in [9.17, 15) is 4.79 Å². The molecule has 0 fully saturated rings. The molecule has 1 rings (SSSR count). The first-order chi connectivity index (χ1) is 8.01. The molecular formula is C13H22N2O2. The monoisotopic (exact) mass is 238 g/mol. The van der Waals surface area contributed by atoms with Crippen molar-refractivity contribution in [1.82, 2.24) is 9.88 Å². The van der Waals surface area contributed by atoms with E-state index >= 15 is 0 Å². The summed E-state index contributed by atoms with van der Waals surface area (Å²) in [6.07, 6.45) is 2.00. The number of carbonyl (C=O) groups excluding carboxylic acids is 1. The Bertz CT molecular complexity index is 369. The Kier molecular flexibility index (Phi) is 4.75. The first-order valence-corrected chi connectivity index (χ1v) is 5.94. The Hall–Kier alpha value is -1.29. The summed E-state index contributed by atoms with van der Waals surface area (Å²) in [4.78, 5) is 11.6. The van der Waals surface area contributed by atoms with Gasteiger partial charge in [0.25, 0.3) is 0 Å². The molecule has 0 saturated carbocycles. The highest BCUT2D eigenvalue weighted by Gasteiger charge is 2.29. The Morgan fingerprint density at radius 1 is 1.53 bits per heavy atom. The lowest BCUT2D eigenvalue weighted by Crippen LogP contribution is -2.31. The predicted octanol–water partition coefficient (Wildman–Crippen LogP) is 1.80. The van der Waals surface area contributed by atoms with Crippen LogP contribution in [-0.2, 0) is 22.6 Å². The first-order valence-electron chi connectivity index (χ1n) is 5.94. The van der Waals surface area contributed by atoms with Crippen molar-refractivity contribution >= 4 is 5.97 Å². The summed E-state index contributed by atoms with van der Waals surface area (Å²) in [5.74, 6) is -0.180. The molecular weight excluding hydrogens is 216 g/mol. The number of carbonyl (C=O) groups is 1. The van der Waals surface area contributed by atoms with Gasteiger partial charge in [-0.1, -0.05) is 6.92 Å². The number of hydrogen-bond donors (Lipinski definition) is 1. The molecule has 0 saturated heterocycles. The van der Waals surface area contributed by atoms with Crippen LogP contribution >= 0.6 is 0 Å². The molecule has 1 heterocycles. The van der Waals surface area contributed by atoms with Crippen molar-refractivity contribution in [3.63, 3.8) is 0 Å². The van der Waals surface area contributed by atoms with E-state index in [4.69, 9.17) is 4.74 Å². The van der Waals surface area contributed by atoms with Crippen molar-refractivity contribution in [3.8, 4) is 0 Å². The standard InChI is InChI=1S/C13H22N2O2/c1-5-14-9-11-7-6-8-15(11)10-13(2,3)12(16)17-4/h6-8,14H,5,9-10H2,1-4H3. The zero-order valence-corrected chi connectivity index (χ0v) is 11.1. The molecule has 0 aliphatic carbocycles. The van der Waals surface area contributed by atoms with Gasteiger partial charge >= 0.3 is 5.97 Å². The van der Waals surface area contributed by atoms with Crippen molar-refractivity contribution < 1.29 is 9.53 Å². The highest BCUT2D eigenvalue weighted by Crippen LogP contribution is 2.21. The van der Waals surface area contributed by atoms with Crippen molar-refractivity contribution in [2.75, 3.05) is 13.7 Å². The quantitative estimate of drug-likeness (QED) is 0.768. The average Bonchev–Trinajstić information content (AvgIpc) is 2.71. The largest absolute Gasteiger partial charge is 0.469 e. The third kappa shape index (κ3) is 3.60. The van der Waals surface area contributed by atoms with Crippen molar-refractivity contribution in [2.24, 2.45) is 5.41 Å². The minimum atomic E-state index is -0.505. The lowest BCUT2D eigenvalue weighted by Gasteiger charge is -2.23. The maximum absolute atomic E-state index is 11.6. The summed E-state index contributed by atoms with van der Waals surface area (Å²) in [5, 5.41) is 3.28. The maximum atomic E-state index is 11.6. The van der Waals surface area contributed by atoms with E-state index in [-0.39, 0.29) is 5.97 Å². The fourth-order valence-electron chi connectivity index (χ4n) is 1.78. The molecule has 1 N–H and O–H groups in total. The topological polar surface area (TPSA) is 43.3 Å². The molecule has 0 bridgehead atoms. The summed E-state index contributed by atoms with van der Waals surface area (Å²) >= 11 is 0. The summed E-state index contributed by atoms with van der Waals surface area (Å²) in [5.41, 5.74) is 0.679. The number of nitrogens with one attached hydrogen (secondary N) is 1. The van der Waals surface area contributed by atoms with E-state index in [2.05, 4.69) is 22.9 Å². The molecule has 0 radical (unpaired) electrons. The molecule has 0 aliphatic heterocycles. The van der Waals surface area contributed by atoms with Crippen LogP contribution in [0.1, 0.15) is 26.5 Å². The lowest BCUT2D eigenvalue weighted by atomic mass is 9.93. The Balaban J connectivity index is 2.74. The smallest absolute Gasteiger partial charge is 0.313 e. The van der Waals surface area contributed by atoms with Gasteiger partial charge in [0.05, 0.1) is 12.5 Å². The maximum Gasteiger partial charge on any atom is 0.313 e. The molecule has 0 aliphatic rings. The van der Waals surface area contributed by atoms with Crippen LogP contribution in [0.15, 0.2) is 18.3 Å². The van der Waals surface area contributed by atoms with Gasteiger partial charge in [-0.25, -0.2) is 0 Å². The van der Waals surface area contributed by atoms with E-state index in [0.29, 0.717) is 6.54 Å². The summed E-state index contributed by atoms with van der Waals surface area (Å²) in [6, 6.07) is 4.07. The van der Waals surface area contributed by atoms with E-state index in [1.807, 2.05) is 26.1 Å². The fraction of sp³-hybridized carbons (Fsp3) is 0.615. The molecule has 17 heavy (non-hydrogen) atoms. The van der Waals surface area contributed by atoms with Crippen molar-refractivity contribution in [2.45, 2.75) is 33.9 Å². The Morgan fingerprint density at radius 3 is 2.82 bits per heavy atom. The highest BCUT2D eigenvalue weighted by molar-refractivity contribution is 5.75. The van der Waals surface area contributed by atoms with Crippen LogP contribution in [0, 0.1) is 5.41 Å². The fourth-order valence-corrected chi connectivity index (χ4v) is 1.78. The number of aromatic nitrogens is 1. The van der Waals surface area contributed by atoms with Gasteiger partial charge in [-0.05, 0) is 32.5 Å².